The molecule has 0 saturated carbocycles. The Morgan fingerprint density at radius 2 is 2.00 bits per heavy atom. The van der Waals surface area contributed by atoms with Crippen LogP contribution in [0.5, 0.6) is 0 Å². The minimum Gasteiger partial charge on any atom is -0.325 e. The summed E-state index contributed by atoms with van der Waals surface area (Å²) in [5, 5.41) is 3.12. The lowest BCUT2D eigenvalue weighted by Crippen LogP contribution is -2.06. The zero-order valence-corrected chi connectivity index (χ0v) is 10.2. The zero-order chi connectivity index (χ0) is 11.5. The Morgan fingerprint density at radius 1 is 1.19 bits per heavy atom. The third kappa shape index (κ3) is 2.62. The van der Waals surface area contributed by atoms with Crippen LogP contribution in [0.2, 0.25) is 0 Å². The summed E-state index contributed by atoms with van der Waals surface area (Å²) in [6.07, 6.45) is 0.680. The molecule has 0 unspecified atom stereocenters. The minimum absolute atomic E-state index is 0.451. The molecule has 0 atom stereocenters. The topological polar surface area (TPSA) is 64.7 Å². The van der Waals surface area contributed by atoms with Gasteiger partial charge in [-0.15, -0.1) is 11.3 Å². The molecule has 0 aromatic carbocycles. The molecule has 16 heavy (non-hydrogen) atoms. The van der Waals surface area contributed by atoms with Gasteiger partial charge in [0, 0.05) is 17.6 Å². The first-order valence-electron chi connectivity index (χ1n) is 5.12. The quantitative estimate of drug-likeness (QED) is 0.876. The highest BCUT2D eigenvalue weighted by atomic mass is 32.1. The van der Waals surface area contributed by atoms with Gasteiger partial charge >= 0.3 is 0 Å². The smallest absolute Gasteiger partial charge is 0.134 e. The van der Waals surface area contributed by atoms with Crippen molar-refractivity contribution in [1.82, 2.24) is 15.0 Å². The third-order valence-corrected chi connectivity index (χ3v) is 2.99. The van der Waals surface area contributed by atoms with Crippen molar-refractivity contribution >= 4 is 11.3 Å². The highest BCUT2D eigenvalue weighted by Gasteiger charge is 2.05. The van der Waals surface area contributed by atoms with E-state index in [0.29, 0.717) is 13.0 Å². The molecule has 0 spiro atoms. The Bertz CT molecular complexity index is 492. The van der Waals surface area contributed by atoms with Crippen molar-refractivity contribution in [3.05, 3.63) is 39.4 Å². The fraction of sp³-hybridized carbons (Fsp3) is 0.364. The molecule has 5 heteroatoms. The SMILES string of the molecule is Cc1cc(CN)nc(Cc2csc(C)n2)n1. The van der Waals surface area contributed by atoms with E-state index in [0.717, 1.165) is 27.9 Å². The molecule has 84 valence electrons. The first kappa shape index (κ1) is 11.2. The van der Waals surface area contributed by atoms with Crippen LogP contribution in [-0.2, 0) is 13.0 Å². The van der Waals surface area contributed by atoms with Crippen molar-refractivity contribution in [2.45, 2.75) is 26.8 Å². The van der Waals surface area contributed by atoms with Crippen LogP contribution >= 0.6 is 11.3 Å². The predicted molar refractivity (Wildman–Crippen MR) is 64.3 cm³/mol. The highest BCUT2D eigenvalue weighted by molar-refractivity contribution is 7.09. The Labute approximate surface area is 98.6 Å². The number of rotatable bonds is 3. The molecule has 2 heterocycles. The monoisotopic (exact) mass is 234 g/mol. The van der Waals surface area contributed by atoms with Gasteiger partial charge in [-0.05, 0) is 19.9 Å². The summed E-state index contributed by atoms with van der Waals surface area (Å²) in [6, 6.07) is 1.91. The summed E-state index contributed by atoms with van der Waals surface area (Å²) >= 11 is 1.65. The second-order valence-corrected chi connectivity index (χ2v) is 4.72. The summed E-state index contributed by atoms with van der Waals surface area (Å²) in [4.78, 5) is 13.2. The van der Waals surface area contributed by atoms with Crippen LogP contribution in [0.4, 0.5) is 0 Å². The second-order valence-electron chi connectivity index (χ2n) is 3.66. The van der Waals surface area contributed by atoms with Crippen molar-refractivity contribution in [3.63, 3.8) is 0 Å². The molecule has 2 aromatic rings. The molecule has 0 saturated heterocycles. The van der Waals surface area contributed by atoms with Crippen molar-refractivity contribution < 1.29 is 0 Å². The lowest BCUT2D eigenvalue weighted by molar-refractivity contribution is 0.863. The van der Waals surface area contributed by atoms with Crippen molar-refractivity contribution in [3.8, 4) is 0 Å². The molecule has 2 rings (SSSR count). The average Bonchev–Trinajstić information content (AvgIpc) is 2.63. The molecule has 0 aliphatic heterocycles. The largest absolute Gasteiger partial charge is 0.325 e. The van der Waals surface area contributed by atoms with Gasteiger partial charge in [0.2, 0.25) is 0 Å². The van der Waals surface area contributed by atoms with Crippen molar-refractivity contribution in [1.29, 1.82) is 0 Å². The van der Waals surface area contributed by atoms with Crippen molar-refractivity contribution in [2.24, 2.45) is 5.73 Å². The van der Waals surface area contributed by atoms with E-state index in [1.54, 1.807) is 11.3 Å². The van der Waals surface area contributed by atoms with E-state index in [1.165, 1.54) is 0 Å². The average molecular weight is 234 g/mol. The lowest BCUT2D eigenvalue weighted by atomic mass is 10.3. The number of thiazole rings is 1. The molecule has 0 aliphatic carbocycles. The summed E-state index contributed by atoms with van der Waals surface area (Å²) in [5.74, 6) is 0.797. The molecule has 4 nitrogen and oxygen atoms in total. The molecule has 2 aromatic heterocycles. The van der Waals surface area contributed by atoms with E-state index in [1.807, 2.05) is 25.3 Å². The number of aryl methyl sites for hydroxylation is 2. The first-order chi connectivity index (χ1) is 7.67. The summed E-state index contributed by atoms with van der Waals surface area (Å²) < 4.78 is 0. The fourth-order valence-corrected chi connectivity index (χ4v) is 2.15. The summed E-state index contributed by atoms with van der Waals surface area (Å²) in [6.45, 7) is 4.40. The van der Waals surface area contributed by atoms with Crippen LogP contribution in [0, 0.1) is 13.8 Å². The highest BCUT2D eigenvalue weighted by Crippen LogP contribution is 2.11. The van der Waals surface area contributed by atoms with Gasteiger partial charge in [0.25, 0.3) is 0 Å². The van der Waals surface area contributed by atoms with Crippen LogP contribution in [0.25, 0.3) is 0 Å². The van der Waals surface area contributed by atoms with Crippen LogP contribution in [0.1, 0.15) is 27.9 Å². The number of aromatic nitrogens is 3. The van der Waals surface area contributed by atoms with Crippen LogP contribution < -0.4 is 5.73 Å². The Balaban J connectivity index is 2.24. The molecule has 0 bridgehead atoms. The third-order valence-electron chi connectivity index (χ3n) is 2.17. The van der Waals surface area contributed by atoms with Gasteiger partial charge in [0.1, 0.15) is 5.82 Å². The van der Waals surface area contributed by atoms with E-state index < -0.39 is 0 Å². The molecule has 0 aliphatic rings. The molecule has 0 fully saturated rings. The zero-order valence-electron chi connectivity index (χ0n) is 9.40. The van der Waals surface area contributed by atoms with Crippen LogP contribution in [0.3, 0.4) is 0 Å². The minimum atomic E-state index is 0.451. The molecular weight excluding hydrogens is 220 g/mol. The van der Waals surface area contributed by atoms with E-state index in [2.05, 4.69) is 15.0 Å². The molecule has 0 radical (unpaired) electrons. The standard InChI is InChI=1S/C11H14N4S/c1-7-3-9(5-12)15-11(13-7)4-10-6-16-8(2)14-10/h3,6H,4-5,12H2,1-2H3. The van der Waals surface area contributed by atoms with Crippen LogP contribution in [0.15, 0.2) is 11.4 Å². The number of hydrogen-bond donors (Lipinski definition) is 1. The predicted octanol–water partition coefficient (Wildman–Crippen LogP) is 1.60. The van der Waals surface area contributed by atoms with Gasteiger partial charge in [-0.25, -0.2) is 15.0 Å². The van der Waals surface area contributed by atoms with Gasteiger partial charge in [-0.3, -0.25) is 0 Å². The van der Waals surface area contributed by atoms with Gasteiger partial charge < -0.3 is 5.73 Å². The fourth-order valence-electron chi connectivity index (χ4n) is 1.54. The Morgan fingerprint density at radius 3 is 2.62 bits per heavy atom. The van der Waals surface area contributed by atoms with Gasteiger partial charge in [0.15, 0.2) is 0 Å². The number of nitrogens with zero attached hydrogens (tertiary/aromatic N) is 3. The van der Waals surface area contributed by atoms with Crippen LogP contribution in [-0.4, -0.2) is 15.0 Å². The molecule has 0 amide bonds. The van der Waals surface area contributed by atoms with Gasteiger partial charge in [-0.1, -0.05) is 0 Å². The summed E-state index contributed by atoms with van der Waals surface area (Å²) in [5.41, 5.74) is 8.45. The maximum atomic E-state index is 5.58. The normalized spacial score (nSPS) is 10.7. The van der Waals surface area contributed by atoms with E-state index in [9.17, 15) is 0 Å². The Hall–Kier alpha value is -1.33. The van der Waals surface area contributed by atoms with E-state index >= 15 is 0 Å². The maximum absolute atomic E-state index is 5.58. The second kappa shape index (κ2) is 4.67. The van der Waals surface area contributed by atoms with E-state index in [-0.39, 0.29) is 0 Å². The first-order valence-corrected chi connectivity index (χ1v) is 6.00. The molecule has 2 N–H and O–H groups in total. The maximum Gasteiger partial charge on any atom is 0.134 e. The number of nitrogens with two attached hydrogens (primary N) is 1. The van der Waals surface area contributed by atoms with Crippen molar-refractivity contribution in [2.75, 3.05) is 0 Å². The van der Waals surface area contributed by atoms with Gasteiger partial charge in [0.05, 0.1) is 22.8 Å². The van der Waals surface area contributed by atoms with Gasteiger partial charge in [-0.2, -0.15) is 0 Å². The van der Waals surface area contributed by atoms with E-state index in [4.69, 9.17) is 5.73 Å². The lowest BCUT2D eigenvalue weighted by Gasteiger charge is -2.02. The summed E-state index contributed by atoms with van der Waals surface area (Å²) in [7, 11) is 0. The molecular formula is C11H14N4S. The Kier molecular flexibility index (Phi) is 3.26. The number of hydrogen-bond acceptors (Lipinski definition) is 5.